The van der Waals surface area contributed by atoms with E-state index in [1.165, 1.54) is 0 Å². The number of nitrogens with one attached hydrogen (secondary N) is 1. The van der Waals surface area contributed by atoms with Crippen molar-refractivity contribution in [2.75, 3.05) is 12.4 Å². The molecule has 3 rings (SSSR count). The van der Waals surface area contributed by atoms with Crippen molar-refractivity contribution in [3.63, 3.8) is 0 Å². The summed E-state index contributed by atoms with van der Waals surface area (Å²) < 4.78 is 27.2. The van der Waals surface area contributed by atoms with Gasteiger partial charge in [-0.15, -0.1) is 0 Å². The van der Waals surface area contributed by atoms with Gasteiger partial charge in [0.2, 0.25) is 0 Å². The first-order chi connectivity index (χ1) is 9.95. The number of carboxylic acids is 1. The van der Waals surface area contributed by atoms with Crippen molar-refractivity contribution in [3.05, 3.63) is 29.3 Å². The number of carbonyl (C=O) groups is 1. The number of rotatable bonds is 3. The van der Waals surface area contributed by atoms with E-state index in [4.69, 9.17) is 5.11 Å². The molecule has 0 amide bonds. The van der Waals surface area contributed by atoms with Crippen LogP contribution in [-0.2, 0) is 0 Å². The number of hydrogen-bond acceptors (Lipinski definition) is 3. The molecule has 0 aromatic heterocycles. The van der Waals surface area contributed by atoms with Gasteiger partial charge < -0.3 is 15.3 Å². The van der Waals surface area contributed by atoms with Gasteiger partial charge in [0.05, 0.1) is 11.3 Å². The van der Waals surface area contributed by atoms with Crippen molar-refractivity contribution in [2.45, 2.75) is 43.8 Å². The topological polar surface area (TPSA) is 52.6 Å². The lowest BCUT2D eigenvalue weighted by molar-refractivity contribution is 0.0692. The fourth-order valence-corrected chi connectivity index (χ4v) is 3.57. The van der Waals surface area contributed by atoms with Gasteiger partial charge in [-0.1, -0.05) is 0 Å². The Bertz CT molecular complexity index is 565. The second-order valence-electron chi connectivity index (χ2n) is 5.98. The Labute approximate surface area is 121 Å². The molecule has 114 valence electrons. The van der Waals surface area contributed by atoms with Crippen molar-refractivity contribution in [1.29, 1.82) is 0 Å². The molecule has 2 atom stereocenters. The van der Waals surface area contributed by atoms with Crippen molar-refractivity contribution in [3.8, 4) is 0 Å². The van der Waals surface area contributed by atoms with Crippen LogP contribution in [0.25, 0.3) is 0 Å². The van der Waals surface area contributed by atoms with E-state index in [-0.39, 0.29) is 11.7 Å². The Kier molecular flexibility index (Phi) is 3.57. The summed E-state index contributed by atoms with van der Waals surface area (Å²) >= 11 is 0. The van der Waals surface area contributed by atoms with Gasteiger partial charge in [0.1, 0.15) is 11.6 Å². The van der Waals surface area contributed by atoms with E-state index in [1.807, 2.05) is 0 Å². The minimum absolute atomic E-state index is 0.0720. The monoisotopic (exact) mass is 296 g/mol. The van der Waals surface area contributed by atoms with Gasteiger partial charge in [-0.05, 0) is 38.8 Å². The largest absolute Gasteiger partial charge is 0.478 e. The highest BCUT2D eigenvalue weighted by molar-refractivity contribution is 5.89. The predicted octanol–water partition coefficient (Wildman–Crippen LogP) is 2.70. The van der Waals surface area contributed by atoms with Crippen molar-refractivity contribution in [2.24, 2.45) is 0 Å². The Morgan fingerprint density at radius 3 is 2.43 bits per heavy atom. The Morgan fingerprint density at radius 1 is 1.24 bits per heavy atom. The van der Waals surface area contributed by atoms with Crippen LogP contribution in [0.3, 0.4) is 0 Å². The molecule has 2 unspecified atom stereocenters. The lowest BCUT2D eigenvalue weighted by Crippen LogP contribution is -2.44. The molecule has 4 nitrogen and oxygen atoms in total. The molecule has 0 aliphatic carbocycles. The molecule has 2 aliphatic heterocycles. The third-order valence-electron chi connectivity index (χ3n) is 4.74. The lowest BCUT2D eigenvalue weighted by Gasteiger charge is -2.37. The standard InChI is InChI=1S/C15H18F2N2O2/c1-19-9-2-3-10(19)5-8(4-9)18-14-6-11(15(20)21)12(16)7-13(14)17/h6-10,18H,2-5H2,1H3,(H,20,21). The molecular weight excluding hydrogens is 278 g/mol. The molecule has 0 radical (unpaired) electrons. The number of nitrogens with zero attached hydrogens (tertiary/aromatic N) is 1. The van der Waals surface area contributed by atoms with Crippen LogP contribution in [0, 0.1) is 11.6 Å². The van der Waals surface area contributed by atoms with E-state index in [9.17, 15) is 13.6 Å². The second-order valence-corrected chi connectivity index (χ2v) is 5.98. The normalized spacial score (nSPS) is 28.6. The van der Waals surface area contributed by atoms with Crippen LogP contribution in [0.5, 0.6) is 0 Å². The quantitative estimate of drug-likeness (QED) is 0.900. The fourth-order valence-electron chi connectivity index (χ4n) is 3.57. The summed E-state index contributed by atoms with van der Waals surface area (Å²) in [5.41, 5.74) is -0.433. The summed E-state index contributed by atoms with van der Waals surface area (Å²) in [6.07, 6.45) is 4.08. The highest BCUT2D eigenvalue weighted by Gasteiger charge is 2.38. The molecule has 6 heteroatoms. The molecule has 2 saturated heterocycles. The average molecular weight is 296 g/mol. The fraction of sp³-hybridized carbons (Fsp3) is 0.533. The van der Waals surface area contributed by atoms with E-state index in [0.29, 0.717) is 18.2 Å². The minimum atomic E-state index is -1.39. The van der Waals surface area contributed by atoms with Gasteiger partial charge in [-0.2, -0.15) is 0 Å². The number of aromatic carboxylic acids is 1. The van der Waals surface area contributed by atoms with E-state index in [2.05, 4.69) is 17.3 Å². The molecule has 1 aromatic carbocycles. The van der Waals surface area contributed by atoms with Crippen LogP contribution in [-0.4, -0.2) is 41.1 Å². The summed E-state index contributed by atoms with van der Waals surface area (Å²) in [5.74, 6) is -3.18. The zero-order valence-corrected chi connectivity index (χ0v) is 11.8. The van der Waals surface area contributed by atoms with Crippen LogP contribution in [0.15, 0.2) is 12.1 Å². The van der Waals surface area contributed by atoms with Gasteiger partial charge in [0, 0.05) is 24.2 Å². The summed E-state index contributed by atoms with van der Waals surface area (Å²) in [6.45, 7) is 0. The van der Waals surface area contributed by atoms with E-state index in [0.717, 1.165) is 31.7 Å². The number of piperidine rings is 1. The molecule has 0 spiro atoms. The van der Waals surface area contributed by atoms with Crippen molar-refractivity contribution < 1.29 is 18.7 Å². The smallest absolute Gasteiger partial charge is 0.338 e. The number of fused-ring (bicyclic) bond motifs is 2. The first-order valence-electron chi connectivity index (χ1n) is 7.16. The average Bonchev–Trinajstić information content (AvgIpc) is 2.63. The zero-order chi connectivity index (χ0) is 15.1. The van der Waals surface area contributed by atoms with Gasteiger partial charge >= 0.3 is 5.97 Å². The predicted molar refractivity (Wildman–Crippen MR) is 74.5 cm³/mol. The Hall–Kier alpha value is -1.69. The third kappa shape index (κ3) is 2.60. The van der Waals surface area contributed by atoms with Gasteiger partial charge in [0.15, 0.2) is 0 Å². The second kappa shape index (κ2) is 5.26. The highest BCUT2D eigenvalue weighted by atomic mass is 19.1. The van der Waals surface area contributed by atoms with Crippen LogP contribution >= 0.6 is 0 Å². The maximum absolute atomic E-state index is 13.8. The molecule has 21 heavy (non-hydrogen) atoms. The molecule has 2 heterocycles. The van der Waals surface area contributed by atoms with E-state index >= 15 is 0 Å². The van der Waals surface area contributed by atoms with Crippen LogP contribution in [0.4, 0.5) is 14.5 Å². The van der Waals surface area contributed by atoms with Crippen LogP contribution < -0.4 is 5.32 Å². The number of benzene rings is 1. The summed E-state index contributed by atoms with van der Waals surface area (Å²) in [7, 11) is 2.11. The van der Waals surface area contributed by atoms with Crippen molar-refractivity contribution >= 4 is 11.7 Å². The SMILES string of the molecule is CN1C2CCC1CC(Nc1cc(C(=O)O)c(F)cc1F)C2. The van der Waals surface area contributed by atoms with Gasteiger partial charge in [0.25, 0.3) is 0 Å². The summed E-state index contributed by atoms with van der Waals surface area (Å²) in [6, 6.07) is 2.76. The molecule has 0 saturated carbocycles. The third-order valence-corrected chi connectivity index (χ3v) is 4.74. The molecule has 1 aromatic rings. The first-order valence-corrected chi connectivity index (χ1v) is 7.16. The summed E-state index contributed by atoms with van der Waals surface area (Å²) in [5, 5.41) is 12.0. The van der Waals surface area contributed by atoms with Crippen LogP contribution in [0.1, 0.15) is 36.0 Å². The number of carboxylic acid groups (broad SMARTS) is 1. The van der Waals surface area contributed by atoms with E-state index in [1.54, 1.807) is 0 Å². The lowest BCUT2D eigenvalue weighted by atomic mass is 9.97. The maximum Gasteiger partial charge on any atom is 0.338 e. The molecule has 2 bridgehead atoms. The van der Waals surface area contributed by atoms with Gasteiger partial charge in [-0.25, -0.2) is 13.6 Å². The van der Waals surface area contributed by atoms with Gasteiger partial charge in [-0.3, -0.25) is 0 Å². The number of halogens is 2. The highest BCUT2D eigenvalue weighted by Crippen LogP contribution is 2.35. The van der Waals surface area contributed by atoms with E-state index < -0.39 is 23.2 Å². The number of hydrogen-bond donors (Lipinski definition) is 2. The zero-order valence-electron chi connectivity index (χ0n) is 11.8. The minimum Gasteiger partial charge on any atom is -0.478 e. The molecule has 2 fully saturated rings. The Morgan fingerprint density at radius 2 is 1.86 bits per heavy atom. The molecule has 2 N–H and O–H groups in total. The van der Waals surface area contributed by atoms with Crippen molar-refractivity contribution in [1.82, 2.24) is 4.90 Å². The molecule has 2 aliphatic rings. The Balaban J connectivity index is 1.79. The van der Waals surface area contributed by atoms with Crippen LogP contribution in [0.2, 0.25) is 0 Å². The molecular formula is C15H18F2N2O2. The summed E-state index contributed by atoms with van der Waals surface area (Å²) in [4.78, 5) is 13.3. The maximum atomic E-state index is 13.8. The first kappa shape index (κ1) is 14.3. The number of anilines is 1.